The van der Waals surface area contributed by atoms with E-state index >= 15 is 0 Å². The molecule has 3 heterocycles. The zero-order valence-corrected chi connectivity index (χ0v) is 18.8. The lowest BCUT2D eigenvalue weighted by molar-refractivity contribution is -0.132. The van der Waals surface area contributed by atoms with Crippen LogP contribution in [-0.2, 0) is 18.3 Å². The van der Waals surface area contributed by atoms with Gasteiger partial charge in [0.15, 0.2) is 0 Å². The summed E-state index contributed by atoms with van der Waals surface area (Å²) < 4.78 is 14.9. The van der Waals surface area contributed by atoms with Crippen molar-refractivity contribution in [3.05, 3.63) is 59.9 Å². The quantitative estimate of drug-likeness (QED) is 0.592. The van der Waals surface area contributed by atoms with Gasteiger partial charge in [0.25, 0.3) is 0 Å². The molecule has 0 radical (unpaired) electrons. The minimum absolute atomic E-state index is 0.129. The maximum absolute atomic E-state index is 13.1. The highest BCUT2D eigenvalue weighted by atomic mass is 19.1. The van der Waals surface area contributed by atoms with Crippen LogP contribution in [0.3, 0.4) is 0 Å². The standard InChI is InChI=1S/C24H29FN6O/c1-29(2)24-26-14-21(19-13-27-30(3)15-19)23(28-24)18-5-4-12-31(16-18)22(32)11-8-17-6-9-20(25)10-7-17/h6-7,9-10,13-15,18H,4-5,8,11-12,16H2,1-3H3. The fraction of sp³-hybridized carbons (Fsp3) is 0.417. The van der Waals surface area contributed by atoms with E-state index in [-0.39, 0.29) is 17.6 Å². The highest BCUT2D eigenvalue weighted by Gasteiger charge is 2.28. The van der Waals surface area contributed by atoms with Crippen LogP contribution in [0.2, 0.25) is 0 Å². The van der Waals surface area contributed by atoms with Gasteiger partial charge in [-0.25, -0.2) is 14.4 Å². The van der Waals surface area contributed by atoms with Gasteiger partial charge in [0.2, 0.25) is 11.9 Å². The lowest BCUT2D eigenvalue weighted by Crippen LogP contribution is -2.39. The van der Waals surface area contributed by atoms with Gasteiger partial charge in [-0.15, -0.1) is 0 Å². The van der Waals surface area contributed by atoms with E-state index in [2.05, 4.69) is 10.1 Å². The normalized spacial score (nSPS) is 16.2. The molecule has 0 aliphatic carbocycles. The Balaban J connectivity index is 1.52. The van der Waals surface area contributed by atoms with Gasteiger partial charge in [0.05, 0.1) is 11.9 Å². The molecule has 1 amide bonds. The van der Waals surface area contributed by atoms with Crippen molar-refractivity contribution >= 4 is 11.9 Å². The second-order valence-corrected chi connectivity index (χ2v) is 8.57. The van der Waals surface area contributed by atoms with Crippen molar-refractivity contribution in [2.24, 2.45) is 7.05 Å². The molecule has 1 unspecified atom stereocenters. The number of amides is 1. The Morgan fingerprint density at radius 3 is 2.69 bits per heavy atom. The topological polar surface area (TPSA) is 67.2 Å². The van der Waals surface area contributed by atoms with Gasteiger partial charge in [0, 0.05) is 70.1 Å². The number of halogens is 1. The smallest absolute Gasteiger partial charge is 0.225 e. The van der Waals surface area contributed by atoms with Crippen LogP contribution >= 0.6 is 0 Å². The lowest BCUT2D eigenvalue weighted by Gasteiger charge is -2.33. The number of nitrogens with zero attached hydrogens (tertiary/aromatic N) is 6. The number of anilines is 1. The molecule has 1 aromatic carbocycles. The fourth-order valence-electron chi connectivity index (χ4n) is 4.18. The van der Waals surface area contributed by atoms with Crippen LogP contribution in [0, 0.1) is 5.82 Å². The van der Waals surface area contributed by atoms with Crippen molar-refractivity contribution in [1.82, 2.24) is 24.6 Å². The van der Waals surface area contributed by atoms with Crippen molar-refractivity contribution in [3.63, 3.8) is 0 Å². The Bertz CT molecular complexity index is 1080. The number of aryl methyl sites for hydroxylation is 2. The maximum Gasteiger partial charge on any atom is 0.225 e. The lowest BCUT2D eigenvalue weighted by atomic mass is 9.90. The Hall–Kier alpha value is -3.29. The molecule has 7 nitrogen and oxygen atoms in total. The Morgan fingerprint density at radius 2 is 2.00 bits per heavy atom. The zero-order chi connectivity index (χ0) is 22.7. The highest BCUT2D eigenvalue weighted by molar-refractivity contribution is 5.77. The maximum atomic E-state index is 13.1. The molecule has 32 heavy (non-hydrogen) atoms. The van der Waals surface area contributed by atoms with E-state index in [1.165, 1.54) is 12.1 Å². The SMILES string of the molecule is CN(C)c1ncc(-c2cnn(C)c2)c(C2CCCN(C(=O)CCc3ccc(F)cc3)C2)n1. The minimum Gasteiger partial charge on any atom is -0.347 e. The number of likely N-dealkylation sites (tertiary alicyclic amines) is 1. The van der Waals surface area contributed by atoms with Crippen LogP contribution in [0.4, 0.5) is 10.3 Å². The van der Waals surface area contributed by atoms with E-state index in [9.17, 15) is 9.18 Å². The molecule has 1 fully saturated rings. The molecule has 1 aliphatic heterocycles. The number of benzene rings is 1. The summed E-state index contributed by atoms with van der Waals surface area (Å²) in [4.78, 5) is 26.2. The summed E-state index contributed by atoms with van der Waals surface area (Å²) in [5, 5.41) is 4.30. The van der Waals surface area contributed by atoms with Crippen LogP contribution in [-0.4, -0.2) is 57.7 Å². The molecule has 168 valence electrons. The average Bonchev–Trinajstić information content (AvgIpc) is 3.24. The first-order chi connectivity index (χ1) is 15.4. The molecular weight excluding hydrogens is 407 g/mol. The van der Waals surface area contributed by atoms with Gasteiger partial charge in [-0.3, -0.25) is 9.48 Å². The molecular formula is C24H29FN6O. The monoisotopic (exact) mass is 436 g/mol. The number of hydrogen-bond acceptors (Lipinski definition) is 5. The van der Waals surface area contributed by atoms with E-state index in [0.29, 0.717) is 25.3 Å². The van der Waals surface area contributed by atoms with E-state index in [1.807, 2.05) is 49.5 Å². The first kappa shape index (κ1) is 21.9. The van der Waals surface area contributed by atoms with Gasteiger partial charge in [-0.1, -0.05) is 12.1 Å². The van der Waals surface area contributed by atoms with Gasteiger partial charge in [-0.2, -0.15) is 5.10 Å². The number of carbonyl (C=O) groups is 1. The van der Waals surface area contributed by atoms with E-state index in [0.717, 1.165) is 41.8 Å². The van der Waals surface area contributed by atoms with E-state index in [4.69, 9.17) is 4.98 Å². The van der Waals surface area contributed by atoms with Crippen molar-refractivity contribution in [2.45, 2.75) is 31.6 Å². The summed E-state index contributed by atoms with van der Waals surface area (Å²) in [5.74, 6) is 0.664. The second-order valence-electron chi connectivity index (χ2n) is 8.57. The number of aromatic nitrogens is 4. The second kappa shape index (κ2) is 9.46. The van der Waals surface area contributed by atoms with Crippen LogP contribution < -0.4 is 4.90 Å². The summed E-state index contributed by atoms with van der Waals surface area (Å²) in [7, 11) is 5.74. The largest absolute Gasteiger partial charge is 0.347 e. The Morgan fingerprint density at radius 1 is 1.22 bits per heavy atom. The number of piperidine rings is 1. The summed E-state index contributed by atoms with van der Waals surface area (Å²) in [6, 6.07) is 6.36. The van der Waals surface area contributed by atoms with Crippen molar-refractivity contribution in [2.75, 3.05) is 32.1 Å². The average molecular weight is 437 g/mol. The molecule has 4 rings (SSSR count). The predicted octanol–water partition coefficient (Wildman–Crippen LogP) is 3.42. The van der Waals surface area contributed by atoms with Crippen molar-refractivity contribution in [3.8, 4) is 11.1 Å². The first-order valence-electron chi connectivity index (χ1n) is 11.0. The minimum atomic E-state index is -0.259. The number of rotatable bonds is 6. The predicted molar refractivity (Wildman–Crippen MR) is 122 cm³/mol. The Labute approximate surface area is 187 Å². The van der Waals surface area contributed by atoms with Crippen molar-refractivity contribution < 1.29 is 9.18 Å². The van der Waals surface area contributed by atoms with Gasteiger partial charge < -0.3 is 9.80 Å². The Kier molecular flexibility index (Phi) is 6.48. The number of hydrogen-bond donors (Lipinski definition) is 0. The molecule has 3 aromatic rings. The van der Waals surface area contributed by atoms with Crippen LogP contribution in [0.25, 0.3) is 11.1 Å². The third-order valence-corrected chi connectivity index (χ3v) is 5.92. The summed E-state index contributed by atoms with van der Waals surface area (Å²) >= 11 is 0. The van der Waals surface area contributed by atoms with Crippen molar-refractivity contribution in [1.29, 1.82) is 0 Å². The summed E-state index contributed by atoms with van der Waals surface area (Å²) in [6.45, 7) is 1.39. The van der Waals surface area contributed by atoms with Crippen LogP contribution in [0.1, 0.15) is 36.4 Å². The molecule has 1 aliphatic rings. The molecule has 0 bridgehead atoms. The van der Waals surface area contributed by atoms with Gasteiger partial charge in [0.1, 0.15) is 5.82 Å². The molecule has 0 spiro atoms. The fourth-order valence-corrected chi connectivity index (χ4v) is 4.18. The summed E-state index contributed by atoms with van der Waals surface area (Å²) in [6.07, 6.45) is 8.58. The summed E-state index contributed by atoms with van der Waals surface area (Å²) in [5.41, 5.74) is 3.88. The van der Waals surface area contributed by atoms with Gasteiger partial charge >= 0.3 is 0 Å². The first-order valence-corrected chi connectivity index (χ1v) is 11.0. The number of carbonyl (C=O) groups excluding carboxylic acids is 1. The molecule has 8 heteroatoms. The third kappa shape index (κ3) is 4.95. The van der Waals surface area contributed by atoms with E-state index in [1.54, 1.807) is 16.8 Å². The molecule has 1 atom stereocenters. The molecule has 2 aromatic heterocycles. The van der Waals surface area contributed by atoms with Gasteiger partial charge in [-0.05, 0) is 37.0 Å². The molecule has 0 saturated carbocycles. The zero-order valence-electron chi connectivity index (χ0n) is 18.8. The molecule has 1 saturated heterocycles. The third-order valence-electron chi connectivity index (χ3n) is 5.92. The van der Waals surface area contributed by atoms with Crippen LogP contribution in [0.15, 0.2) is 42.9 Å². The highest BCUT2D eigenvalue weighted by Crippen LogP contribution is 2.34. The molecule has 0 N–H and O–H groups in total. The van der Waals surface area contributed by atoms with E-state index < -0.39 is 0 Å². The van der Waals surface area contributed by atoms with Crippen LogP contribution in [0.5, 0.6) is 0 Å².